The lowest BCUT2D eigenvalue weighted by Crippen LogP contribution is -2.45. The predicted molar refractivity (Wildman–Crippen MR) is 100 cm³/mol. The van der Waals surface area contributed by atoms with E-state index >= 15 is 0 Å². The second kappa shape index (κ2) is 9.04. The first-order valence-electron chi connectivity index (χ1n) is 8.58. The van der Waals surface area contributed by atoms with Crippen LogP contribution < -0.4 is 10.1 Å². The maximum absolute atomic E-state index is 12.5. The third-order valence-corrected chi connectivity index (χ3v) is 4.08. The molecule has 1 amide bonds. The Bertz CT molecular complexity index is 753. The van der Waals surface area contributed by atoms with Crippen LogP contribution in [0.5, 0.6) is 5.75 Å². The standard InChI is InChI=1S/C21H25NO4/c1-14(2)19(22-20(23)16-11-9-15(3)10-12-16)21(24)26-13-17-7-5-6-8-18(17)25-4/h5-12,14,19H,13H2,1-4H3,(H,22,23)/t19-/m0/s1. The Balaban J connectivity index is 2.03. The lowest BCUT2D eigenvalue weighted by Gasteiger charge is -2.21. The molecule has 0 aliphatic carbocycles. The van der Waals surface area contributed by atoms with Crippen LogP contribution in [-0.2, 0) is 16.1 Å². The average Bonchev–Trinajstić information content (AvgIpc) is 2.64. The van der Waals surface area contributed by atoms with Crippen LogP contribution in [0, 0.1) is 12.8 Å². The predicted octanol–water partition coefficient (Wildman–Crippen LogP) is 3.50. The van der Waals surface area contributed by atoms with Crippen molar-refractivity contribution in [1.82, 2.24) is 5.32 Å². The number of hydrogen-bond donors (Lipinski definition) is 1. The molecule has 0 aromatic heterocycles. The molecule has 5 nitrogen and oxygen atoms in total. The van der Waals surface area contributed by atoms with Crippen LogP contribution in [0.2, 0.25) is 0 Å². The second-order valence-corrected chi connectivity index (χ2v) is 6.48. The summed E-state index contributed by atoms with van der Waals surface area (Å²) in [5, 5.41) is 2.77. The van der Waals surface area contributed by atoms with Gasteiger partial charge in [0.25, 0.3) is 5.91 Å². The van der Waals surface area contributed by atoms with E-state index in [1.54, 1.807) is 19.2 Å². The van der Waals surface area contributed by atoms with Crippen molar-refractivity contribution in [1.29, 1.82) is 0 Å². The minimum atomic E-state index is -0.724. The Morgan fingerprint density at radius 2 is 1.69 bits per heavy atom. The monoisotopic (exact) mass is 355 g/mol. The van der Waals surface area contributed by atoms with Gasteiger partial charge in [0.1, 0.15) is 18.4 Å². The Hall–Kier alpha value is -2.82. The molecule has 0 radical (unpaired) electrons. The Labute approximate surface area is 154 Å². The fraction of sp³-hybridized carbons (Fsp3) is 0.333. The summed E-state index contributed by atoms with van der Waals surface area (Å²) in [5.74, 6) is -0.205. The molecule has 0 spiro atoms. The van der Waals surface area contributed by atoms with E-state index in [0.29, 0.717) is 11.3 Å². The van der Waals surface area contributed by atoms with E-state index in [2.05, 4.69) is 5.32 Å². The molecule has 2 rings (SSSR count). The fourth-order valence-electron chi connectivity index (χ4n) is 2.49. The van der Waals surface area contributed by atoms with Crippen molar-refractivity contribution in [2.24, 2.45) is 5.92 Å². The van der Waals surface area contributed by atoms with Crippen molar-refractivity contribution >= 4 is 11.9 Å². The zero-order valence-electron chi connectivity index (χ0n) is 15.6. The van der Waals surface area contributed by atoms with Gasteiger partial charge in [-0.1, -0.05) is 49.7 Å². The van der Waals surface area contributed by atoms with Crippen molar-refractivity contribution in [3.63, 3.8) is 0 Å². The topological polar surface area (TPSA) is 64.6 Å². The van der Waals surface area contributed by atoms with Crippen molar-refractivity contribution < 1.29 is 19.1 Å². The molecular weight excluding hydrogens is 330 g/mol. The number of aryl methyl sites for hydroxylation is 1. The summed E-state index contributed by atoms with van der Waals surface area (Å²) in [4.78, 5) is 24.9. The molecule has 0 unspecified atom stereocenters. The number of para-hydroxylation sites is 1. The molecule has 0 aliphatic heterocycles. The lowest BCUT2D eigenvalue weighted by molar-refractivity contribution is -0.148. The van der Waals surface area contributed by atoms with Crippen LogP contribution in [0.1, 0.15) is 35.3 Å². The largest absolute Gasteiger partial charge is 0.496 e. The zero-order valence-corrected chi connectivity index (χ0v) is 15.6. The Morgan fingerprint density at radius 1 is 1.04 bits per heavy atom. The van der Waals surface area contributed by atoms with Gasteiger partial charge in [-0.3, -0.25) is 4.79 Å². The van der Waals surface area contributed by atoms with Gasteiger partial charge in [-0.2, -0.15) is 0 Å². The van der Waals surface area contributed by atoms with E-state index in [9.17, 15) is 9.59 Å². The summed E-state index contributed by atoms with van der Waals surface area (Å²) in [5.41, 5.74) is 2.35. The van der Waals surface area contributed by atoms with E-state index in [-0.39, 0.29) is 18.4 Å². The number of amides is 1. The van der Waals surface area contributed by atoms with Crippen LogP contribution in [0.25, 0.3) is 0 Å². The van der Waals surface area contributed by atoms with Crippen molar-refractivity contribution in [2.45, 2.75) is 33.4 Å². The lowest BCUT2D eigenvalue weighted by atomic mass is 10.0. The van der Waals surface area contributed by atoms with Gasteiger partial charge in [0, 0.05) is 11.1 Å². The van der Waals surface area contributed by atoms with Gasteiger partial charge in [-0.25, -0.2) is 4.79 Å². The summed E-state index contributed by atoms with van der Waals surface area (Å²) in [6, 6.07) is 13.8. The van der Waals surface area contributed by atoms with Crippen molar-refractivity contribution in [3.05, 3.63) is 65.2 Å². The molecule has 0 aliphatic rings. The van der Waals surface area contributed by atoms with Crippen molar-refractivity contribution in [3.8, 4) is 5.75 Å². The number of methoxy groups -OCH3 is 1. The molecule has 0 heterocycles. The first-order valence-corrected chi connectivity index (χ1v) is 8.58. The molecule has 0 bridgehead atoms. The Morgan fingerprint density at radius 3 is 2.31 bits per heavy atom. The van der Waals surface area contributed by atoms with Gasteiger partial charge in [0.15, 0.2) is 0 Å². The van der Waals surface area contributed by atoms with Gasteiger partial charge in [-0.05, 0) is 31.0 Å². The number of carbonyl (C=O) groups is 2. The number of rotatable bonds is 7. The van der Waals surface area contributed by atoms with Gasteiger partial charge < -0.3 is 14.8 Å². The number of nitrogens with one attached hydrogen (secondary N) is 1. The highest BCUT2D eigenvalue weighted by molar-refractivity contribution is 5.96. The molecule has 26 heavy (non-hydrogen) atoms. The van der Waals surface area contributed by atoms with Crippen LogP contribution in [-0.4, -0.2) is 25.0 Å². The number of hydrogen-bond acceptors (Lipinski definition) is 4. The molecule has 5 heteroatoms. The van der Waals surface area contributed by atoms with Gasteiger partial charge in [0.2, 0.25) is 0 Å². The number of carbonyl (C=O) groups excluding carboxylic acids is 2. The highest BCUT2D eigenvalue weighted by Crippen LogP contribution is 2.18. The zero-order chi connectivity index (χ0) is 19.1. The third-order valence-electron chi connectivity index (χ3n) is 4.08. The summed E-state index contributed by atoms with van der Waals surface area (Å²) in [7, 11) is 1.57. The highest BCUT2D eigenvalue weighted by atomic mass is 16.5. The molecule has 1 atom stereocenters. The first-order chi connectivity index (χ1) is 12.4. The van der Waals surface area contributed by atoms with Crippen LogP contribution in [0.3, 0.4) is 0 Å². The fourth-order valence-corrected chi connectivity index (χ4v) is 2.49. The molecule has 2 aromatic carbocycles. The number of ether oxygens (including phenoxy) is 2. The molecule has 0 saturated heterocycles. The number of esters is 1. The third kappa shape index (κ3) is 5.09. The average molecular weight is 355 g/mol. The first kappa shape index (κ1) is 19.5. The SMILES string of the molecule is COc1ccccc1COC(=O)[C@@H](NC(=O)c1ccc(C)cc1)C(C)C. The van der Waals surface area contributed by atoms with E-state index in [4.69, 9.17) is 9.47 Å². The quantitative estimate of drug-likeness (QED) is 0.772. The summed E-state index contributed by atoms with van der Waals surface area (Å²) < 4.78 is 10.7. The second-order valence-electron chi connectivity index (χ2n) is 6.48. The maximum Gasteiger partial charge on any atom is 0.329 e. The summed E-state index contributed by atoms with van der Waals surface area (Å²) in [6.07, 6.45) is 0. The highest BCUT2D eigenvalue weighted by Gasteiger charge is 2.26. The van der Waals surface area contributed by atoms with Crippen molar-refractivity contribution in [2.75, 3.05) is 7.11 Å². The van der Waals surface area contributed by atoms with Gasteiger partial charge >= 0.3 is 5.97 Å². The van der Waals surface area contributed by atoms with Gasteiger partial charge in [0.05, 0.1) is 7.11 Å². The molecular formula is C21H25NO4. The van der Waals surface area contributed by atoms with Crippen LogP contribution in [0.4, 0.5) is 0 Å². The van der Waals surface area contributed by atoms with Gasteiger partial charge in [-0.15, -0.1) is 0 Å². The van der Waals surface area contributed by atoms with Crippen LogP contribution >= 0.6 is 0 Å². The maximum atomic E-state index is 12.5. The molecule has 0 saturated carbocycles. The summed E-state index contributed by atoms with van der Waals surface area (Å²) in [6.45, 7) is 5.77. The molecule has 2 aromatic rings. The molecule has 138 valence electrons. The van der Waals surface area contributed by atoms with E-state index in [1.807, 2.05) is 57.2 Å². The van der Waals surface area contributed by atoms with Crippen LogP contribution in [0.15, 0.2) is 48.5 Å². The van der Waals surface area contributed by atoms with E-state index in [1.165, 1.54) is 0 Å². The minimum Gasteiger partial charge on any atom is -0.496 e. The molecule has 0 fully saturated rings. The molecule has 1 N–H and O–H groups in total. The number of benzene rings is 2. The smallest absolute Gasteiger partial charge is 0.329 e. The van der Waals surface area contributed by atoms with E-state index in [0.717, 1.165) is 11.1 Å². The summed E-state index contributed by atoms with van der Waals surface area (Å²) >= 11 is 0. The van der Waals surface area contributed by atoms with E-state index < -0.39 is 12.0 Å². The minimum absolute atomic E-state index is 0.0898. The normalized spacial score (nSPS) is 11.7. The Kier molecular flexibility index (Phi) is 6.78.